The van der Waals surface area contributed by atoms with Crippen molar-refractivity contribution in [1.82, 2.24) is 0 Å². The molecule has 8 heavy (non-hydrogen) atoms. The Balaban J connectivity index is 2.16. The van der Waals surface area contributed by atoms with Crippen molar-refractivity contribution < 1.29 is 4.74 Å². The van der Waals surface area contributed by atoms with Gasteiger partial charge in [0.05, 0.1) is 12.2 Å². The lowest BCUT2D eigenvalue weighted by Crippen LogP contribution is -2.04. The van der Waals surface area contributed by atoms with Crippen LogP contribution in [0.3, 0.4) is 0 Å². The van der Waals surface area contributed by atoms with E-state index in [4.69, 9.17) is 4.74 Å². The van der Waals surface area contributed by atoms with Gasteiger partial charge in [0.25, 0.3) is 0 Å². The zero-order valence-electron chi connectivity index (χ0n) is 4.60. The highest BCUT2D eigenvalue weighted by Gasteiger charge is 2.40. The maximum Gasteiger partial charge on any atom is 0.0972 e. The third kappa shape index (κ3) is 1.45. The van der Waals surface area contributed by atoms with Crippen molar-refractivity contribution in [2.45, 2.75) is 24.0 Å². The molecule has 3 heteroatoms. The normalized spacial score (nSPS) is 39.4. The van der Waals surface area contributed by atoms with Gasteiger partial charge >= 0.3 is 0 Å². The molecule has 48 valence electrons. The molecule has 0 aromatic carbocycles. The summed E-state index contributed by atoms with van der Waals surface area (Å²) in [7, 11) is 0. The fourth-order valence-electron chi connectivity index (χ4n) is 0.685. The van der Waals surface area contributed by atoms with Crippen LogP contribution < -0.4 is 0 Å². The van der Waals surface area contributed by atoms with Crippen molar-refractivity contribution in [2.75, 3.05) is 5.33 Å². The van der Waals surface area contributed by atoms with Crippen LogP contribution in [0.15, 0.2) is 0 Å². The molecule has 1 rings (SSSR count). The topological polar surface area (TPSA) is 12.5 Å². The molecule has 0 saturated carbocycles. The van der Waals surface area contributed by atoms with Gasteiger partial charge in [-0.05, 0) is 0 Å². The summed E-state index contributed by atoms with van der Waals surface area (Å²) in [5, 5.41) is 0.966. The van der Waals surface area contributed by atoms with Gasteiger partial charge in [-0.15, -0.1) is 0 Å². The number of ether oxygens (including phenoxy) is 1. The summed E-state index contributed by atoms with van der Waals surface area (Å²) >= 11 is 6.78. The highest BCUT2D eigenvalue weighted by molar-refractivity contribution is 9.09. The zero-order valence-corrected chi connectivity index (χ0v) is 7.78. The van der Waals surface area contributed by atoms with Crippen LogP contribution in [0, 0.1) is 0 Å². The predicted octanol–water partition coefficient (Wildman–Crippen LogP) is 1.93. The number of hydrogen-bond donors (Lipinski definition) is 0. The van der Waals surface area contributed by atoms with Crippen LogP contribution in [0.5, 0.6) is 0 Å². The minimum Gasteiger partial charge on any atom is -0.367 e. The Morgan fingerprint density at radius 3 is 2.50 bits per heavy atom. The first-order chi connectivity index (χ1) is 3.75. The first-order valence-electron chi connectivity index (χ1n) is 2.61. The molecule has 0 spiro atoms. The number of rotatable bonds is 2. The second-order valence-electron chi connectivity index (χ2n) is 1.97. The van der Waals surface area contributed by atoms with E-state index in [2.05, 4.69) is 38.8 Å². The van der Waals surface area contributed by atoms with E-state index in [0.29, 0.717) is 17.0 Å². The van der Waals surface area contributed by atoms with Gasteiger partial charge in [0.15, 0.2) is 0 Å². The first-order valence-corrected chi connectivity index (χ1v) is 4.65. The molecule has 0 aromatic rings. The molecule has 0 N–H and O–H groups in total. The van der Waals surface area contributed by atoms with Crippen molar-refractivity contribution in [3.63, 3.8) is 0 Å². The fourth-order valence-corrected chi connectivity index (χ4v) is 1.67. The third-order valence-corrected chi connectivity index (χ3v) is 2.39. The van der Waals surface area contributed by atoms with Gasteiger partial charge in [-0.2, -0.15) is 0 Å². The summed E-state index contributed by atoms with van der Waals surface area (Å²) in [4.78, 5) is 0.505. The molecule has 1 heterocycles. The molecule has 3 unspecified atom stereocenters. The molecule has 0 aromatic heterocycles. The quantitative estimate of drug-likeness (QED) is 0.534. The molecule has 1 nitrogen and oxygen atoms in total. The van der Waals surface area contributed by atoms with E-state index < -0.39 is 0 Å². The van der Waals surface area contributed by atoms with Crippen molar-refractivity contribution in [3.05, 3.63) is 0 Å². The predicted molar refractivity (Wildman–Crippen MR) is 40.8 cm³/mol. The van der Waals surface area contributed by atoms with Crippen LogP contribution in [-0.2, 0) is 4.74 Å². The monoisotopic (exact) mass is 242 g/mol. The number of alkyl halides is 2. The van der Waals surface area contributed by atoms with E-state index >= 15 is 0 Å². The molecule has 0 radical (unpaired) electrons. The lowest BCUT2D eigenvalue weighted by atomic mass is 10.3. The van der Waals surface area contributed by atoms with Crippen LogP contribution >= 0.6 is 31.9 Å². The Bertz CT molecular complexity index is 84.5. The molecule has 0 aliphatic carbocycles. The number of epoxide rings is 1. The maximum atomic E-state index is 5.23. The zero-order chi connectivity index (χ0) is 6.15. The van der Waals surface area contributed by atoms with Gasteiger partial charge in [0, 0.05) is 10.2 Å². The highest BCUT2D eigenvalue weighted by Crippen LogP contribution is 2.30. The highest BCUT2D eigenvalue weighted by atomic mass is 79.9. The van der Waals surface area contributed by atoms with Crippen molar-refractivity contribution in [3.8, 4) is 0 Å². The Kier molecular flexibility index (Phi) is 2.35. The summed E-state index contributed by atoms with van der Waals surface area (Å²) in [6.07, 6.45) is 0.916. The molecule has 1 saturated heterocycles. The van der Waals surface area contributed by atoms with Crippen LogP contribution in [0.2, 0.25) is 0 Å². The van der Waals surface area contributed by atoms with E-state index in [0.717, 1.165) is 5.33 Å². The molecule has 0 amide bonds. The smallest absolute Gasteiger partial charge is 0.0972 e. The minimum absolute atomic E-state index is 0.453. The molecule has 1 fully saturated rings. The van der Waals surface area contributed by atoms with Crippen LogP contribution in [0.1, 0.15) is 6.92 Å². The Labute approximate surface area is 66.0 Å². The SMILES string of the molecule is CC(Br)C1OC1CBr. The summed E-state index contributed by atoms with van der Waals surface area (Å²) in [5.74, 6) is 0. The molecule has 3 atom stereocenters. The second-order valence-corrected chi connectivity index (χ2v) is 4.06. The third-order valence-electron chi connectivity index (χ3n) is 1.23. The standard InChI is InChI=1S/C5H8Br2O/c1-3(7)5-4(2-6)8-5/h3-5H,2H2,1H3. The molecular formula is C5H8Br2O. The van der Waals surface area contributed by atoms with Gasteiger partial charge in [-0.1, -0.05) is 38.8 Å². The molecule has 1 aliphatic rings. The lowest BCUT2D eigenvalue weighted by molar-refractivity contribution is 0.381. The van der Waals surface area contributed by atoms with E-state index in [1.54, 1.807) is 0 Å². The van der Waals surface area contributed by atoms with Crippen LogP contribution in [0.25, 0.3) is 0 Å². The van der Waals surface area contributed by atoms with Gasteiger partial charge in [-0.3, -0.25) is 0 Å². The number of hydrogen-bond acceptors (Lipinski definition) is 1. The van der Waals surface area contributed by atoms with Gasteiger partial charge < -0.3 is 4.74 Å². The molecular weight excluding hydrogens is 236 g/mol. The maximum absolute atomic E-state index is 5.23. The Morgan fingerprint density at radius 1 is 1.75 bits per heavy atom. The molecule has 0 bridgehead atoms. The van der Waals surface area contributed by atoms with Crippen molar-refractivity contribution >= 4 is 31.9 Å². The van der Waals surface area contributed by atoms with Crippen LogP contribution in [0.4, 0.5) is 0 Å². The van der Waals surface area contributed by atoms with E-state index in [1.165, 1.54) is 0 Å². The molecule has 1 aliphatic heterocycles. The van der Waals surface area contributed by atoms with E-state index in [1.807, 2.05) is 0 Å². The Hall–Kier alpha value is 0.920. The van der Waals surface area contributed by atoms with E-state index in [9.17, 15) is 0 Å². The Morgan fingerprint density at radius 2 is 2.38 bits per heavy atom. The first kappa shape index (κ1) is 7.03. The van der Waals surface area contributed by atoms with Gasteiger partial charge in [-0.25, -0.2) is 0 Å². The van der Waals surface area contributed by atoms with Crippen LogP contribution in [-0.4, -0.2) is 22.4 Å². The minimum atomic E-state index is 0.453. The van der Waals surface area contributed by atoms with E-state index in [-0.39, 0.29) is 0 Å². The summed E-state index contributed by atoms with van der Waals surface area (Å²) in [6, 6.07) is 0. The lowest BCUT2D eigenvalue weighted by Gasteiger charge is -1.91. The van der Waals surface area contributed by atoms with Gasteiger partial charge in [0.2, 0.25) is 0 Å². The summed E-state index contributed by atoms with van der Waals surface area (Å²) in [6.45, 7) is 2.10. The average molecular weight is 244 g/mol. The van der Waals surface area contributed by atoms with Crippen molar-refractivity contribution in [1.29, 1.82) is 0 Å². The number of halogens is 2. The summed E-state index contributed by atoms with van der Waals surface area (Å²) in [5.41, 5.74) is 0. The van der Waals surface area contributed by atoms with Gasteiger partial charge in [0.1, 0.15) is 0 Å². The fraction of sp³-hybridized carbons (Fsp3) is 1.00. The summed E-state index contributed by atoms with van der Waals surface area (Å²) < 4.78 is 5.23. The largest absolute Gasteiger partial charge is 0.367 e. The second kappa shape index (κ2) is 2.67. The van der Waals surface area contributed by atoms with Crippen molar-refractivity contribution in [2.24, 2.45) is 0 Å². The average Bonchev–Trinajstić information content (AvgIpc) is 2.42.